The summed E-state index contributed by atoms with van der Waals surface area (Å²) in [6, 6.07) is 3.79. The molecule has 3 heterocycles. The Morgan fingerprint density at radius 2 is 2.32 bits per heavy atom. The summed E-state index contributed by atoms with van der Waals surface area (Å²) in [6.45, 7) is 1.74. The first kappa shape index (κ1) is 14.5. The summed E-state index contributed by atoms with van der Waals surface area (Å²) in [4.78, 5) is 28.0. The van der Waals surface area contributed by atoms with E-state index in [0.29, 0.717) is 38.0 Å². The zero-order chi connectivity index (χ0) is 15.5. The number of hydrogen-bond donors (Lipinski definition) is 2. The lowest BCUT2D eigenvalue weighted by atomic mass is 9.97. The summed E-state index contributed by atoms with van der Waals surface area (Å²) in [6.07, 6.45) is 6.45. The maximum Gasteiger partial charge on any atom is 0.341 e. The van der Waals surface area contributed by atoms with Crippen LogP contribution in [0.4, 0.5) is 0 Å². The van der Waals surface area contributed by atoms with Gasteiger partial charge in [-0.3, -0.25) is 9.78 Å². The van der Waals surface area contributed by atoms with E-state index in [2.05, 4.69) is 10.3 Å². The summed E-state index contributed by atoms with van der Waals surface area (Å²) in [5, 5.41) is 12.6. The fourth-order valence-corrected chi connectivity index (χ4v) is 2.81. The van der Waals surface area contributed by atoms with Gasteiger partial charge in [0, 0.05) is 31.7 Å². The SMILES string of the molecule is O=C(O)c1c2c(cn(CCc3cccnc3)c1=O)CNCC2. The number of aromatic nitrogens is 2. The van der Waals surface area contributed by atoms with Gasteiger partial charge in [-0.2, -0.15) is 0 Å². The van der Waals surface area contributed by atoms with Gasteiger partial charge in [-0.05, 0) is 42.1 Å². The Labute approximate surface area is 127 Å². The Bertz CT molecular complexity index is 753. The molecule has 0 atom stereocenters. The van der Waals surface area contributed by atoms with E-state index >= 15 is 0 Å². The molecular weight excluding hydrogens is 282 g/mol. The molecule has 1 aliphatic heterocycles. The van der Waals surface area contributed by atoms with Gasteiger partial charge < -0.3 is 15.0 Å². The smallest absolute Gasteiger partial charge is 0.341 e. The second-order valence-corrected chi connectivity index (χ2v) is 5.35. The molecule has 114 valence electrons. The first-order chi connectivity index (χ1) is 10.7. The summed E-state index contributed by atoms with van der Waals surface area (Å²) >= 11 is 0. The second kappa shape index (κ2) is 6.11. The average Bonchev–Trinajstić information content (AvgIpc) is 2.53. The lowest BCUT2D eigenvalue weighted by Gasteiger charge is -2.20. The molecule has 0 fully saturated rings. The van der Waals surface area contributed by atoms with Crippen molar-refractivity contribution in [1.82, 2.24) is 14.9 Å². The molecule has 0 unspecified atom stereocenters. The van der Waals surface area contributed by atoms with Crippen molar-refractivity contribution in [1.29, 1.82) is 0 Å². The van der Waals surface area contributed by atoms with Crippen LogP contribution in [0.25, 0.3) is 0 Å². The van der Waals surface area contributed by atoms with Crippen LogP contribution in [0.15, 0.2) is 35.5 Å². The normalized spacial score (nSPS) is 13.6. The number of rotatable bonds is 4. The van der Waals surface area contributed by atoms with Crippen LogP contribution in [-0.2, 0) is 25.9 Å². The van der Waals surface area contributed by atoms with Gasteiger partial charge >= 0.3 is 5.97 Å². The van der Waals surface area contributed by atoms with E-state index in [4.69, 9.17) is 0 Å². The number of carbonyl (C=O) groups is 1. The molecule has 0 aromatic carbocycles. The molecule has 1 aliphatic rings. The molecule has 0 spiro atoms. The second-order valence-electron chi connectivity index (χ2n) is 5.35. The Morgan fingerprint density at radius 1 is 1.45 bits per heavy atom. The van der Waals surface area contributed by atoms with E-state index in [1.54, 1.807) is 18.6 Å². The van der Waals surface area contributed by atoms with Crippen LogP contribution in [0.3, 0.4) is 0 Å². The predicted molar refractivity (Wildman–Crippen MR) is 81.0 cm³/mol. The van der Waals surface area contributed by atoms with Crippen LogP contribution < -0.4 is 10.9 Å². The Kier molecular flexibility index (Phi) is 4.02. The van der Waals surface area contributed by atoms with Crippen molar-refractivity contribution in [2.45, 2.75) is 25.9 Å². The van der Waals surface area contributed by atoms with Gasteiger partial charge in [-0.15, -0.1) is 0 Å². The fourth-order valence-electron chi connectivity index (χ4n) is 2.81. The van der Waals surface area contributed by atoms with Crippen molar-refractivity contribution in [3.63, 3.8) is 0 Å². The van der Waals surface area contributed by atoms with E-state index in [-0.39, 0.29) is 5.56 Å². The Balaban J connectivity index is 1.96. The summed E-state index contributed by atoms with van der Waals surface area (Å²) in [5.41, 5.74) is 2.09. The maximum absolute atomic E-state index is 12.4. The van der Waals surface area contributed by atoms with Crippen LogP contribution in [0.5, 0.6) is 0 Å². The van der Waals surface area contributed by atoms with Gasteiger partial charge in [-0.25, -0.2) is 4.79 Å². The molecule has 0 bridgehead atoms. The highest BCUT2D eigenvalue weighted by Crippen LogP contribution is 2.16. The van der Waals surface area contributed by atoms with E-state index in [1.165, 1.54) is 4.57 Å². The zero-order valence-corrected chi connectivity index (χ0v) is 12.1. The van der Waals surface area contributed by atoms with Crippen LogP contribution >= 0.6 is 0 Å². The number of aryl methyl sites for hydroxylation is 2. The average molecular weight is 299 g/mol. The minimum Gasteiger partial charge on any atom is -0.477 e. The third-order valence-electron chi connectivity index (χ3n) is 3.92. The lowest BCUT2D eigenvalue weighted by Crippen LogP contribution is -2.34. The van der Waals surface area contributed by atoms with Crippen molar-refractivity contribution in [2.75, 3.05) is 6.54 Å². The van der Waals surface area contributed by atoms with E-state index in [9.17, 15) is 14.7 Å². The van der Waals surface area contributed by atoms with Crippen molar-refractivity contribution >= 4 is 5.97 Å². The summed E-state index contributed by atoms with van der Waals surface area (Å²) < 4.78 is 1.50. The predicted octanol–water partition coefficient (Wildman–Crippen LogP) is 0.830. The zero-order valence-electron chi connectivity index (χ0n) is 12.1. The molecule has 0 amide bonds. The van der Waals surface area contributed by atoms with Gasteiger partial charge in [0.05, 0.1) is 0 Å². The molecule has 6 heteroatoms. The number of carboxylic acid groups (broad SMARTS) is 1. The van der Waals surface area contributed by atoms with Gasteiger partial charge in [0.2, 0.25) is 0 Å². The molecule has 2 aromatic heterocycles. The van der Waals surface area contributed by atoms with E-state index in [0.717, 1.165) is 11.1 Å². The van der Waals surface area contributed by atoms with Crippen LogP contribution in [0, 0.1) is 0 Å². The highest BCUT2D eigenvalue weighted by Gasteiger charge is 2.22. The first-order valence-electron chi connectivity index (χ1n) is 7.25. The molecule has 2 aromatic rings. The fraction of sp³-hybridized carbons (Fsp3) is 0.312. The number of carboxylic acids is 1. The molecule has 0 saturated carbocycles. The number of aromatic carboxylic acids is 1. The molecule has 0 radical (unpaired) electrons. The number of fused-ring (bicyclic) bond motifs is 1. The highest BCUT2D eigenvalue weighted by molar-refractivity contribution is 5.89. The van der Waals surface area contributed by atoms with Crippen molar-refractivity contribution in [3.05, 3.63) is 63.3 Å². The molecule has 0 aliphatic carbocycles. The molecule has 0 saturated heterocycles. The minimum absolute atomic E-state index is 0.0785. The monoisotopic (exact) mass is 299 g/mol. The molecule has 2 N–H and O–H groups in total. The Hall–Kier alpha value is -2.47. The van der Waals surface area contributed by atoms with Crippen LogP contribution in [0.2, 0.25) is 0 Å². The summed E-state index contributed by atoms with van der Waals surface area (Å²) in [5.74, 6) is -1.14. The lowest BCUT2D eigenvalue weighted by molar-refractivity contribution is 0.0692. The van der Waals surface area contributed by atoms with Crippen molar-refractivity contribution in [3.8, 4) is 0 Å². The number of pyridine rings is 2. The highest BCUT2D eigenvalue weighted by atomic mass is 16.4. The van der Waals surface area contributed by atoms with Gasteiger partial charge in [0.1, 0.15) is 5.56 Å². The largest absolute Gasteiger partial charge is 0.477 e. The van der Waals surface area contributed by atoms with Crippen molar-refractivity contribution < 1.29 is 9.90 Å². The molecule has 22 heavy (non-hydrogen) atoms. The quantitative estimate of drug-likeness (QED) is 0.873. The van der Waals surface area contributed by atoms with Gasteiger partial charge in [0.15, 0.2) is 0 Å². The standard InChI is InChI=1S/C16H17N3O3/c20-15-14(16(21)22)13-3-6-18-9-12(13)10-19(15)7-4-11-2-1-5-17-8-11/h1-2,5,8,10,18H,3-4,6-7,9H2,(H,21,22). The third-order valence-corrected chi connectivity index (χ3v) is 3.92. The maximum atomic E-state index is 12.4. The van der Waals surface area contributed by atoms with Gasteiger partial charge in [0.25, 0.3) is 5.56 Å². The topological polar surface area (TPSA) is 84.2 Å². The molecular formula is C16H17N3O3. The Morgan fingerprint density at radius 3 is 3.05 bits per heavy atom. The van der Waals surface area contributed by atoms with Crippen LogP contribution in [0.1, 0.15) is 27.0 Å². The third kappa shape index (κ3) is 2.78. The number of hydrogen-bond acceptors (Lipinski definition) is 4. The molecule has 3 rings (SSSR count). The number of nitrogens with one attached hydrogen (secondary N) is 1. The summed E-state index contributed by atoms with van der Waals surface area (Å²) in [7, 11) is 0. The van der Waals surface area contributed by atoms with E-state index < -0.39 is 11.5 Å². The molecule has 6 nitrogen and oxygen atoms in total. The number of nitrogens with zero attached hydrogens (tertiary/aromatic N) is 2. The minimum atomic E-state index is -1.14. The van der Waals surface area contributed by atoms with Crippen LogP contribution in [-0.4, -0.2) is 27.2 Å². The van der Waals surface area contributed by atoms with Crippen molar-refractivity contribution in [2.24, 2.45) is 0 Å². The van der Waals surface area contributed by atoms with E-state index in [1.807, 2.05) is 12.1 Å². The van der Waals surface area contributed by atoms with Gasteiger partial charge in [-0.1, -0.05) is 6.07 Å². The first-order valence-corrected chi connectivity index (χ1v) is 7.25.